The first-order valence-corrected chi connectivity index (χ1v) is 11.1. The zero-order chi connectivity index (χ0) is 22.8. The summed E-state index contributed by atoms with van der Waals surface area (Å²) in [6, 6.07) is 25.0. The van der Waals surface area contributed by atoms with Crippen LogP contribution in [0.15, 0.2) is 90.6 Å². The third-order valence-electron chi connectivity index (χ3n) is 6.14. The molecule has 0 spiro atoms. The molecule has 2 aliphatic rings. The van der Waals surface area contributed by atoms with E-state index in [-0.39, 0.29) is 17.6 Å². The van der Waals surface area contributed by atoms with Gasteiger partial charge in [-0.15, -0.1) is 0 Å². The molecule has 1 fully saturated rings. The van der Waals surface area contributed by atoms with Gasteiger partial charge in [0.1, 0.15) is 11.5 Å². The number of imide groups is 1. The molecule has 2 amide bonds. The van der Waals surface area contributed by atoms with Crippen molar-refractivity contribution in [2.75, 3.05) is 31.1 Å². The summed E-state index contributed by atoms with van der Waals surface area (Å²) in [7, 11) is 0. The van der Waals surface area contributed by atoms with Crippen LogP contribution in [-0.2, 0) is 16.1 Å². The van der Waals surface area contributed by atoms with Crippen molar-refractivity contribution in [2.45, 2.75) is 6.54 Å². The van der Waals surface area contributed by atoms with E-state index < -0.39 is 0 Å². The molecule has 33 heavy (non-hydrogen) atoms. The van der Waals surface area contributed by atoms with Crippen LogP contribution < -0.4 is 4.90 Å². The van der Waals surface area contributed by atoms with Crippen molar-refractivity contribution in [3.63, 3.8) is 0 Å². The van der Waals surface area contributed by atoms with Crippen LogP contribution in [0.2, 0.25) is 0 Å². The minimum absolute atomic E-state index is 0.331. The highest BCUT2D eigenvalue weighted by molar-refractivity contribution is 6.45. The van der Waals surface area contributed by atoms with Crippen LogP contribution >= 0.6 is 0 Å². The third kappa shape index (κ3) is 4.17. The Labute approximate surface area is 192 Å². The minimum Gasteiger partial charge on any atom is -0.364 e. The van der Waals surface area contributed by atoms with Gasteiger partial charge in [0.15, 0.2) is 0 Å². The van der Waals surface area contributed by atoms with Crippen molar-refractivity contribution in [1.29, 1.82) is 0 Å². The van der Waals surface area contributed by atoms with Crippen molar-refractivity contribution in [2.24, 2.45) is 0 Å². The van der Waals surface area contributed by atoms with Gasteiger partial charge in [0.25, 0.3) is 11.8 Å². The average molecular weight is 442 g/mol. The molecule has 166 valence electrons. The lowest BCUT2D eigenvalue weighted by Gasteiger charge is -2.36. The Hall–Kier alpha value is -3.77. The zero-order valence-electron chi connectivity index (χ0n) is 18.2. The summed E-state index contributed by atoms with van der Waals surface area (Å²) in [5.41, 5.74) is 3.06. The van der Waals surface area contributed by atoms with Crippen molar-refractivity contribution in [1.82, 2.24) is 9.80 Å². The number of carbonyl (C=O) groups excluding carboxylic acids is 2. The summed E-state index contributed by atoms with van der Waals surface area (Å²) in [4.78, 5) is 32.6. The molecule has 0 radical (unpaired) electrons. The number of hydrogen-bond acceptors (Lipinski definition) is 4. The Morgan fingerprint density at radius 1 is 0.697 bits per heavy atom. The van der Waals surface area contributed by atoms with E-state index in [1.807, 2.05) is 29.2 Å². The Balaban J connectivity index is 1.44. The maximum absolute atomic E-state index is 13.6. The van der Waals surface area contributed by atoms with Crippen molar-refractivity contribution < 1.29 is 14.0 Å². The van der Waals surface area contributed by atoms with Gasteiger partial charge >= 0.3 is 0 Å². The summed E-state index contributed by atoms with van der Waals surface area (Å²) < 4.78 is 13.6. The number of halogens is 1. The number of nitrogens with zero attached hydrogens (tertiary/aromatic N) is 3. The molecule has 3 aromatic carbocycles. The van der Waals surface area contributed by atoms with E-state index in [0.29, 0.717) is 35.6 Å². The number of benzene rings is 3. The molecule has 1 saturated heterocycles. The lowest BCUT2D eigenvalue weighted by atomic mass is 10.0. The first kappa shape index (κ1) is 21.1. The first-order chi connectivity index (χ1) is 16.1. The fraction of sp³-hybridized carbons (Fsp3) is 0.185. The molecule has 0 saturated carbocycles. The monoisotopic (exact) mass is 441 g/mol. The van der Waals surface area contributed by atoms with Gasteiger partial charge in [-0.3, -0.25) is 14.5 Å². The first-order valence-electron chi connectivity index (χ1n) is 11.1. The lowest BCUT2D eigenvalue weighted by molar-refractivity contribution is -0.120. The van der Waals surface area contributed by atoms with E-state index in [1.54, 1.807) is 36.4 Å². The predicted octanol–water partition coefficient (Wildman–Crippen LogP) is 3.93. The molecule has 2 aliphatic heterocycles. The summed E-state index contributed by atoms with van der Waals surface area (Å²) in [6.07, 6.45) is 0. The molecular formula is C27H24FN3O2. The molecule has 5 rings (SSSR count). The van der Waals surface area contributed by atoms with Gasteiger partial charge in [0, 0.05) is 32.7 Å². The Morgan fingerprint density at radius 3 is 1.94 bits per heavy atom. The third-order valence-corrected chi connectivity index (χ3v) is 6.14. The molecule has 2 heterocycles. The fourth-order valence-electron chi connectivity index (χ4n) is 4.47. The molecule has 0 atom stereocenters. The summed E-state index contributed by atoms with van der Waals surface area (Å²) in [5, 5.41) is 0. The van der Waals surface area contributed by atoms with Gasteiger partial charge in [-0.1, -0.05) is 60.7 Å². The molecule has 6 heteroatoms. The Bertz CT molecular complexity index is 1190. The van der Waals surface area contributed by atoms with Gasteiger partial charge < -0.3 is 4.90 Å². The number of amides is 2. The maximum Gasteiger partial charge on any atom is 0.282 e. The quantitative estimate of drug-likeness (QED) is 0.563. The number of hydrogen-bond donors (Lipinski definition) is 0. The van der Waals surface area contributed by atoms with Crippen LogP contribution in [-0.4, -0.2) is 47.8 Å². The normalized spacial score (nSPS) is 17.2. The SMILES string of the molecule is O=C1C(c2ccc(F)cc2)=C(N2CCN(Cc3ccccc3)CC2)C(=O)N1c1ccccc1. The topological polar surface area (TPSA) is 43.9 Å². The van der Waals surface area contributed by atoms with Crippen LogP contribution in [0.4, 0.5) is 10.1 Å². The standard InChI is InChI=1S/C27H24FN3O2/c28-22-13-11-21(12-14-22)24-25(27(33)31(26(24)32)23-9-5-2-6-10-23)30-17-15-29(16-18-30)19-20-7-3-1-4-8-20/h1-14H,15-19H2. The predicted molar refractivity (Wildman–Crippen MR) is 126 cm³/mol. The van der Waals surface area contributed by atoms with E-state index in [0.717, 1.165) is 19.6 Å². The van der Waals surface area contributed by atoms with Gasteiger partial charge in [0.05, 0.1) is 11.3 Å². The molecule has 0 bridgehead atoms. The molecule has 3 aromatic rings. The molecule has 0 unspecified atom stereocenters. The van der Waals surface area contributed by atoms with E-state index in [4.69, 9.17) is 0 Å². The summed E-state index contributed by atoms with van der Waals surface area (Å²) in [6.45, 7) is 3.67. The van der Waals surface area contributed by atoms with Crippen LogP contribution in [0.5, 0.6) is 0 Å². The largest absolute Gasteiger partial charge is 0.364 e. The average Bonchev–Trinajstić information content (AvgIpc) is 3.11. The molecular weight excluding hydrogens is 417 g/mol. The molecule has 0 aromatic heterocycles. The highest BCUT2D eigenvalue weighted by Gasteiger charge is 2.43. The van der Waals surface area contributed by atoms with E-state index in [2.05, 4.69) is 17.0 Å². The van der Waals surface area contributed by atoms with Crippen LogP contribution in [0.25, 0.3) is 5.57 Å². The van der Waals surface area contributed by atoms with Gasteiger partial charge in [-0.05, 0) is 35.4 Å². The Morgan fingerprint density at radius 2 is 1.30 bits per heavy atom. The van der Waals surface area contributed by atoms with Crippen molar-refractivity contribution in [3.8, 4) is 0 Å². The summed E-state index contributed by atoms with van der Waals surface area (Å²) in [5.74, 6) is -1.09. The zero-order valence-corrected chi connectivity index (χ0v) is 18.2. The molecule has 5 nitrogen and oxygen atoms in total. The fourth-order valence-corrected chi connectivity index (χ4v) is 4.47. The van der Waals surface area contributed by atoms with E-state index in [1.165, 1.54) is 22.6 Å². The number of para-hydroxylation sites is 1. The number of rotatable bonds is 5. The highest BCUT2D eigenvalue weighted by Crippen LogP contribution is 2.35. The van der Waals surface area contributed by atoms with Crippen molar-refractivity contribution >= 4 is 23.1 Å². The second-order valence-corrected chi connectivity index (χ2v) is 8.26. The van der Waals surface area contributed by atoms with Gasteiger partial charge in [-0.2, -0.15) is 0 Å². The highest BCUT2D eigenvalue weighted by atomic mass is 19.1. The number of anilines is 1. The molecule has 0 N–H and O–H groups in total. The minimum atomic E-state index is -0.382. The number of carbonyl (C=O) groups is 2. The second-order valence-electron chi connectivity index (χ2n) is 8.26. The Kier molecular flexibility index (Phi) is 5.75. The maximum atomic E-state index is 13.6. The lowest BCUT2D eigenvalue weighted by Crippen LogP contribution is -2.47. The smallest absolute Gasteiger partial charge is 0.282 e. The van der Waals surface area contributed by atoms with Crippen molar-refractivity contribution in [3.05, 3.63) is 108 Å². The summed E-state index contributed by atoms with van der Waals surface area (Å²) >= 11 is 0. The van der Waals surface area contributed by atoms with E-state index in [9.17, 15) is 14.0 Å². The van der Waals surface area contributed by atoms with Gasteiger partial charge in [-0.25, -0.2) is 9.29 Å². The van der Waals surface area contributed by atoms with Crippen LogP contribution in [0.1, 0.15) is 11.1 Å². The second kappa shape index (κ2) is 9.00. The number of piperazine rings is 1. The van der Waals surface area contributed by atoms with Gasteiger partial charge in [0.2, 0.25) is 0 Å². The van der Waals surface area contributed by atoms with Crippen LogP contribution in [0.3, 0.4) is 0 Å². The van der Waals surface area contributed by atoms with Crippen LogP contribution in [0, 0.1) is 5.82 Å². The van der Waals surface area contributed by atoms with E-state index >= 15 is 0 Å². The molecule has 0 aliphatic carbocycles.